The predicted molar refractivity (Wildman–Crippen MR) is 130 cm³/mol. The number of anilines is 4. The normalized spacial score (nSPS) is 22.0. The molecule has 0 amide bonds. The SMILES string of the molecule is N#Cc1cc(Nc2nc(NC3CC3)c3ncc(C#N)n3n2)c(Cl)c(N2CCN3CCC(O)C3C2)c1. The summed E-state index contributed by atoms with van der Waals surface area (Å²) in [7, 11) is 0. The van der Waals surface area contributed by atoms with Crippen molar-refractivity contribution in [2.75, 3.05) is 41.7 Å². The van der Waals surface area contributed by atoms with E-state index < -0.39 is 0 Å². The fourth-order valence-electron chi connectivity index (χ4n) is 4.84. The summed E-state index contributed by atoms with van der Waals surface area (Å²) in [5.41, 5.74) is 2.42. The number of rotatable bonds is 5. The zero-order chi connectivity index (χ0) is 24.1. The minimum atomic E-state index is -0.365. The second kappa shape index (κ2) is 8.54. The first-order chi connectivity index (χ1) is 17.0. The zero-order valence-corrected chi connectivity index (χ0v) is 19.6. The maximum Gasteiger partial charge on any atom is 0.247 e. The largest absolute Gasteiger partial charge is 0.391 e. The molecular formula is C23H23ClN10O. The number of nitrogens with zero attached hydrogens (tertiary/aromatic N) is 8. The van der Waals surface area contributed by atoms with Crippen LogP contribution in [0.2, 0.25) is 5.02 Å². The van der Waals surface area contributed by atoms with Crippen LogP contribution in [0.5, 0.6) is 0 Å². The summed E-state index contributed by atoms with van der Waals surface area (Å²) >= 11 is 6.86. The van der Waals surface area contributed by atoms with Crippen LogP contribution in [-0.2, 0) is 0 Å². The predicted octanol–water partition coefficient (Wildman–Crippen LogP) is 2.09. The molecule has 3 fully saturated rings. The van der Waals surface area contributed by atoms with Crippen molar-refractivity contribution < 1.29 is 5.11 Å². The summed E-state index contributed by atoms with van der Waals surface area (Å²) in [5, 5.41) is 41.0. The molecule has 178 valence electrons. The number of fused-ring (bicyclic) bond motifs is 2. The molecule has 12 heteroatoms. The number of hydrogen-bond donors (Lipinski definition) is 3. The molecule has 2 unspecified atom stereocenters. The van der Waals surface area contributed by atoms with E-state index in [0.717, 1.165) is 44.6 Å². The highest BCUT2D eigenvalue weighted by Crippen LogP contribution is 2.38. The smallest absolute Gasteiger partial charge is 0.247 e. The van der Waals surface area contributed by atoms with E-state index in [0.29, 0.717) is 40.3 Å². The monoisotopic (exact) mass is 490 g/mol. The van der Waals surface area contributed by atoms with E-state index in [9.17, 15) is 15.6 Å². The lowest BCUT2D eigenvalue weighted by Crippen LogP contribution is -2.53. The van der Waals surface area contributed by atoms with Crippen LogP contribution in [0.25, 0.3) is 5.65 Å². The minimum absolute atomic E-state index is 0.0504. The lowest BCUT2D eigenvalue weighted by Gasteiger charge is -2.40. The molecule has 2 saturated heterocycles. The summed E-state index contributed by atoms with van der Waals surface area (Å²) < 4.78 is 1.45. The van der Waals surface area contributed by atoms with Gasteiger partial charge in [0.15, 0.2) is 17.2 Å². The highest BCUT2D eigenvalue weighted by atomic mass is 35.5. The van der Waals surface area contributed by atoms with Crippen LogP contribution in [0, 0.1) is 22.7 Å². The molecule has 3 aromatic rings. The van der Waals surface area contributed by atoms with Gasteiger partial charge in [-0.25, -0.2) is 4.98 Å². The number of benzene rings is 1. The van der Waals surface area contributed by atoms with Gasteiger partial charge in [-0.3, -0.25) is 4.90 Å². The van der Waals surface area contributed by atoms with Gasteiger partial charge in [0.1, 0.15) is 6.07 Å². The number of aliphatic hydroxyl groups excluding tert-OH is 1. The lowest BCUT2D eigenvalue weighted by atomic mass is 10.1. The van der Waals surface area contributed by atoms with Crippen LogP contribution in [0.4, 0.5) is 23.1 Å². The van der Waals surface area contributed by atoms with Crippen molar-refractivity contribution >= 4 is 40.4 Å². The minimum Gasteiger partial charge on any atom is -0.391 e. The van der Waals surface area contributed by atoms with Crippen molar-refractivity contribution in [2.24, 2.45) is 0 Å². The number of halogens is 1. The van der Waals surface area contributed by atoms with Gasteiger partial charge in [0.05, 0.1) is 46.4 Å². The molecule has 35 heavy (non-hydrogen) atoms. The van der Waals surface area contributed by atoms with Crippen LogP contribution < -0.4 is 15.5 Å². The molecule has 2 atom stereocenters. The molecule has 1 aliphatic carbocycles. The second-order valence-corrected chi connectivity index (χ2v) is 9.57. The van der Waals surface area contributed by atoms with E-state index in [4.69, 9.17) is 11.6 Å². The fraction of sp³-hybridized carbons (Fsp3) is 0.435. The average Bonchev–Trinajstić information content (AvgIpc) is 3.47. The number of imidazole rings is 1. The van der Waals surface area contributed by atoms with Crippen LogP contribution in [0.15, 0.2) is 18.3 Å². The van der Waals surface area contributed by atoms with Gasteiger partial charge >= 0.3 is 0 Å². The van der Waals surface area contributed by atoms with Gasteiger partial charge in [0, 0.05) is 32.2 Å². The number of nitriles is 2. The summed E-state index contributed by atoms with van der Waals surface area (Å²) in [4.78, 5) is 13.3. The topological polar surface area (TPSA) is 141 Å². The Morgan fingerprint density at radius 1 is 1.11 bits per heavy atom. The van der Waals surface area contributed by atoms with Gasteiger partial charge < -0.3 is 20.6 Å². The molecule has 4 heterocycles. The molecule has 6 rings (SSSR count). The van der Waals surface area contributed by atoms with Gasteiger partial charge in [-0.15, -0.1) is 5.10 Å². The third-order valence-electron chi connectivity index (χ3n) is 6.85. The van der Waals surface area contributed by atoms with E-state index >= 15 is 0 Å². The van der Waals surface area contributed by atoms with Gasteiger partial charge in [0.25, 0.3) is 0 Å². The molecule has 1 aromatic carbocycles. The quantitative estimate of drug-likeness (QED) is 0.486. The molecule has 2 aromatic heterocycles. The highest BCUT2D eigenvalue weighted by Gasteiger charge is 2.37. The molecule has 3 N–H and O–H groups in total. The van der Waals surface area contributed by atoms with Crippen LogP contribution in [0.3, 0.4) is 0 Å². The summed E-state index contributed by atoms with van der Waals surface area (Å²) in [6.45, 7) is 3.10. The van der Waals surface area contributed by atoms with Crippen LogP contribution in [0.1, 0.15) is 30.5 Å². The Bertz CT molecular complexity index is 1390. The number of nitrogens with one attached hydrogen (secondary N) is 2. The molecule has 1 saturated carbocycles. The second-order valence-electron chi connectivity index (χ2n) is 9.19. The molecule has 11 nitrogen and oxygen atoms in total. The summed E-state index contributed by atoms with van der Waals surface area (Å²) in [5.74, 6) is 0.764. The van der Waals surface area contributed by atoms with Crippen LogP contribution >= 0.6 is 11.6 Å². The highest BCUT2D eigenvalue weighted by molar-refractivity contribution is 6.36. The van der Waals surface area contributed by atoms with E-state index in [2.05, 4.69) is 47.6 Å². The van der Waals surface area contributed by atoms with Crippen molar-refractivity contribution in [1.82, 2.24) is 24.5 Å². The van der Waals surface area contributed by atoms with Gasteiger partial charge in [0.2, 0.25) is 5.95 Å². The maximum absolute atomic E-state index is 10.4. The van der Waals surface area contributed by atoms with Gasteiger partial charge in [-0.2, -0.15) is 20.0 Å². The first-order valence-corrected chi connectivity index (χ1v) is 12.0. The first kappa shape index (κ1) is 21.9. The zero-order valence-electron chi connectivity index (χ0n) is 18.8. The Hall–Kier alpha value is -3.64. The Kier molecular flexibility index (Phi) is 5.33. The number of aliphatic hydroxyl groups is 1. The van der Waals surface area contributed by atoms with E-state index in [1.54, 1.807) is 12.1 Å². The number of piperazine rings is 1. The number of hydrogen-bond acceptors (Lipinski definition) is 10. The van der Waals surface area contributed by atoms with Crippen molar-refractivity contribution in [2.45, 2.75) is 37.5 Å². The summed E-state index contributed by atoms with van der Waals surface area (Å²) in [6.07, 6.45) is 3.97. The van der Waals surface area contributed by atoms with Crippen molar-refractivity contribution in [3.8, 4) is 12.1 Å². The van der Waals surface area contributed by atoms with E-state index in [-0.39, 0.29) is 23.8 Å². The molecule has 0 bridgehead atoms. The molecule has 2 aliphatic heterocycles. The lowest BCUT2D eigenvalue weighted by molar-refractivity contribution is 0.108. The van der Waals surface area contributed by atoms with Crippen LogP contribution in [-0.4, -0.2) is 74.0 Å². The third kappa shape index (κ3) is 3.98. The standard InChI is InChI=1S/C23H23ClN10O/c24-20-16(7-13(9-25)8-17(20)33-6-5-32-4-3-19(35)18(32)12-33)29-23-30-21(28-14-1-2-14)22-27-11-15(10-26)34(22)31-23/h7-8,11,14,18-19,35H,1-6,12H2,(H2,28,29,30,31). The molecule has 0 radical (unpaired) electrons. The van der Waals surface area contributed by atoms with E-state index in [1.165, 1.54) is 10.7 Å². The Labute approximate surface area is 206 Å². The fourth-order valence-corrected chi connectivity index (χ4v) is 5.12. The Morgan fingerprint density at radius 2 is 1.97 bits per heavy atom. The molecule has 0 spiro atoms. The summed E-state index contributed by atoms with van der Waals surface area (Å²) in [6, 6.07) is 8.11. The van der Waals surface area contributed by atoms with Gasteiger partial charge in [-0.1, -0.05) is 11.6 Å². The maximum atomic E-state index is 10.4. The number of aromatic nitrogens is 4. The Balaban J connectivity index is 1.36. The van der Waals surface area contributed by atoms with E-state index in [1.807, 2.05) is 0 Å². The van der Waals surface area contributed by atoms with Crippen molar-refractivity contribution in [1.29, 1.82) is 10.5 Å². The third-order valence-corrected chi connectivity index (χ3v) is 7.25. The Morgan fingerprint density at radius 3 is 2.74 bits per heavy atom. The van der Waals surface area contributed by atoms with Crippen molar-refractivity contribution in [3.05, 3.63) is 34.6 Å². The average molecular weight is 491 g/mol. The van der Waals surface area contributed by atoms with Gasteiger partial charge in [-0.05, 0) is 31.4 Å². The molecular weight excluding hydrogens is 468 g/mol. The first-order valence-electron chi connectivity index (χ1n) is 11.6. The van der Waals surface area contributed by atoms with Crippen molar-refractivity contribution in [3.63, 3.8) is 0 Å². The molecule has 3 aliphatic rings.